The van der Waals surface area contributed by atoms with Crippen LogP contribution in [0, 0.1) is 6.92 Å². The van der Waals surface area contributed by atoms with Gasteiger partial charge < -0.3 is 5.32 Å². The van der Waals surface area contributed by atoms with Gasteiger partial charge in [0.25, 0.3) is 0 Å². The van der Waals surface area contributed by atoms with Crippen molar-refractivity contribution in [2.45, 2.75) is 33.2 Å². The second-order valence-corrected chi connectivity index (χ2v) is 5.62. The molecule has 1 heterocycles. The Hall–Kier alpha value is -1.19. The molecule has 2 rings (SSSR count). The van der Waals surface area contributed by atoms with Crippen molar-refractivity contribution in [1.29, 1.82) is 0 Å². The van der Waals surface area contributed by atoms with E-state index in [-0.39, 0.29) is 0 Å². The summed E-state index contributed by atoms with van der Waals surface area (Å²) in [6.07, 6.45) is 2.22. The van der Waals surface area contributed by atoms with Crippen LogP contribution in [0.4, 0.5) is 0 Å². The number of thiazole rings is 1. The van der Waals surface area contributed by atoms with Crippen molar-refractivity contribution >= 4 is 11.3 Å². The largest absolute Gasteiger partial charge is 0.315 e. The zero-order valence-electron chi connectivity index (χ0n) is 11.3. The zero-order chi connectivity index (χ0) is 13.0. The first-order chi connectivity index (χ1) is 8.74. The smallest absolute Gasteiger partial charge is 0.123 e. The molecule has 2 nitrogen and oxygen atoms in total. The van der Waals surface area contributed by atoms with Crippen molar-refractivity contribution in [1.82, 2.24) is 10.3 Å². The van der Waals surface area contributed by atoms with E-state index in [1.807, 2.05) is 18.4 Å². The summed E-state index contributed by atoms with van der Waals surface area (Å²) in [6.45, 7) is 5.24. The topological polar surface area (TPSA) is 24.9 Å². The Morgan fingerprint density at radius 2 is 2.17 bits per heavy atom. The number of nitrogens with zero attached hydrogens (tertiary/aromatic N) is 1. The molecule has 0 amide bonds. The average Bonchev–Trinajstić information content (AvgIpc) is 2.74. The van der Waals surface area contributed by atoms with Crippen molar-refractivity contribution in [2.75, 3.05) is 7.05 Å². The van der Waals surface area contributed by atoms with Crippen LogP contribution in [0.5, 0.6) is 0 Å². The number of aromatic nitrogens is 1. The summed E-state index contributed by atoms with van der Waals surface area (Å²) in [4.78, 5) is 6.18. The van der Waals surface area contributed by atoms with E-state index >= 15 is 0 Å². The normalized spacial score (nSPS) is 10.8. The van der Waals surface area contributed by atoms with Crippen molar-refractivity contribution in [3.8, 4) is 10.6 Å². The van der Waals surface area contributed by atoms with E-state index in [1.54, 1.807) is 0 Å². The van der Waals surface area contributed by atoms with Gasteiger partial charge in [0.1, 0.15) is 5.01 Å². The van der Waals surface area contributed by atoms with Crippen LogP contribution in [-0.2, 0) is 13.0 Å². The monoisotopic (exact) mass is 260 g/mol. The first-order valence-corrected chi connectivity index (χ1v) is 7.26. The fraction of sp³-hybridized carbons (Fsp3) is 0.400. The molecule has 0 atom stereocenters. The molecule has 0 aliphatic heterocycles. The van der Waals surface area contributed by atoms with E-state index < -0.39 is 0 Å². The quantitative estimate of drug-likeness (QED) is 0.884. The molecule has 1 aromatic carbocycles. The van der Waals surface area contributed by atoms with Gasteiger partial charge in [0, 0.05) is 17.0 Å². The van der Waals surface area contributed by atoms with Gasteiger partial charge in [-0.3, -0.25) is 0 Å². The van der Waals surface area contributed by atoms with Gasteiger partial charge in [-0.2, -0.15) is 0 Å². The third-order valence-electron chi connectivity index (χ3n) is 2.87. The molecule has 3 heteroatoms. The van der Waals surface area contributed by atoms with Crippen LogP contribution in [0.25, 0.3) is 10.6 Å². The van der Waals surface area contributed by atoms with E-state index in [1.165, 1.54) is 21.7 Å². The van der Waals surface area contributed by atoms with Crippen LogP contribution in [0.2, 0.25) is 0 Å². The summed E-state index contributed by atoms with van der Waals surface area (Å²) < 4.78 is 0. The van der Waals surface area contributed by atoms with Crippen LogP contribution in [0.15, 0.2) is 24.3 Å². The van der Waals surface area contributed by atoms with Gasteiger partial charge >= 0.3 is 0 Å². The summed E-state index contributed by atoms with van der Waals surface area (Å²) in [5.41, 5.74) is 3.78. The highest BCUT2D eigenvalue weighted by molar-refractivity contribution is 7.15. The lowest BCUT2D eigenvalue weighted by Gasteiger charge is -1.98. The van der Waals surface area contributed by atoms with Crippen molar-refractivity contribution in [3.63, 3.8) is 0 Å². The number of hydrogen-bond acceptors (Lipinski definition) is 3. The van der Waals surface area contributed by atoms with Gasteiger partial charge in [-0.15, -0.1) is 11.3 Å². The Kier molecular flexibility index (Phi) is 4.50. The summed E-state index contributed by atoms with van der Waals surface area (Å²) in [5, 5.41) is 4.38. The van der Waals surface area contributed by atoms with E-state index in [9.17, 15) is 0 Å². The molecule has 0 aliphatic rings. The van der Waals surface area contributed by atoms with Gasteiger partial charge in [0.05, 0.1) is 5.69 Å². The summed E-state index contributed by atoms with van der Waals surface area (Å²) >= 11 is 1.81. The number of nitrogens with one attached hydrogen (secondary N) is 1. The highest BCUT2D eigenvalue weighted by Gasteiger charge is 2.11. The van der Waals surface area contributed by atoms with E-state index in [2.05, 4.69) is 43.4 Å². The molecule has 0 unspecified atom stereocenters. The molecule has 0 radical (unpaired) electrons. The third-order valence-corrected chi connectivity index (χ3v) is 4.01. The minimum Gasteiger partial charge on any atom is -0.315 e. The maximum atomic E-state index is 4.81. The SMILES string of the molecule is CCCc1nc(-c2cccc(C)c2)sc1CNC. The Bertz CT molecular complexity index is 493. The van der Waals surface area contributed by atoms with Crippen LogP contribution in [0.1, 0.15) is 29.5 Å². The van der Waals surface area contributed by atoms with Gasteiger partial charge in [0.15, 0.2) is 0 Å². The van der Waals surface area contributed by atoms with Gasteiger partial charge in [0.2, 0.25) is 0 Å². The molecular weight excluding hydrogens is 240 g/mol. The fourth-order valence-electron chi connectivity index (χ4n) is 2.02. The number of benzene rings is 1. The molecule has 0 bridgehead atoms. The highest BCUT2D eigenvalue weighted by atomic mass is 32.1. The van der Waals surface area contributed by atoms with Crippen LogP contribution >= 0.6 is 11.3 Å². The molecule has 0 saturated heterocycles. The predicted octanol–water partition coefficient (Wildman–Crippen LogP) is 3.79. The van der Waals surface area contributed by atoms with Gasteiger partial charge in [-0.25, -0.2) is 4.98 Å². The second kappa shape index (κ2) is 6.12. The highest BCUT2D eigenvalue weighted by Crippen LogP contribution is 2.29. The molecule has 0 aliphatic carbocycles. The first kappa shape index (κ1) is 13.2. The molecule has 0 saturated carbocycles. The molecule has 1 N–H and O–H groups in total. The molecule has 18 heavy (non-hydrogen) atoms. The van der Waals surface area contributed by atoms with E-state index in [0.717, 1.165) is 24.4 Å². The third kappa shape index (κ3) is 2.98. The van der Waals surface area contributed by atoms with Crippen LogP contribution in [-0.4, -0.2) is 12.0 Å². The second-order valence-electron chi connectivity index (χ2n) is 4.54. The van der Waals surface area contributed by atoms with Crippen molar-refractivity contribution in [3.05, 3.63) is 40.4 Å². The molecule has 96 valence electrons. The minimum absolute atomic E-state index is 0.915. The van der Waals surface area contributed by atoms with E-state index in [0.29, 0.717) is 0 Å². The number of rotatable bonds is 5. The Morgan fingerprint density at radius 3 is 2.83 bits per heavy atom. The first-order valence-electron chi connectivity index (χ1n) is 6.44. The maximum absolute atomic E-state index is 4.81. The lowest BCUT2D eigenvalue weighted by atomic mass is 10.1. The Balaban J connectivity index is 2.36. The predicted molar refractivity (Wildman–Crippen MR) is 79.0 cm³/mol. The molecule has 2 aromatic rings. The number of aryl methyl sites for hydroxylation is 2. The van der Waals surface area contributed by atoms with Gasteiger partial charge in [-0.1, -0.05) is 37.1 Å². The lowest BCUT2D eigenvalue weighted by Crippen LogP contribution is -2.05. The fourth-order valence-corrected chi connectivity index (χ4v) is 3.13. The maximum Gasteiger partial charge on any atom is 0.123 e. The Morgan fingerprint density at radius 1 is 1.33 bits per heavy atom. The zero-order valence-corrected chi connectivity index (χ0v) is 12.1. The molecule has 0 fully saturated rings. The average molecular weight is 260 g/mol. The van der Waals surface area contributed by atoms with Gasteiger partial charge in [-0.05, 0) is 26.5 Å². The molecular formula is C15H20N2S. The van der Waals surface area contributed by atoms with E-state index in [4.69, 9.17) is 4.98 Å². The summed E-state index contributed by atoms with van der Waals surface area (Å²) in [6, 6.07) is 8.57. The molecule has 1 aromatic heterocycles. The standard InChI is InChI=1S/C15H20N2S/c1-4-6-13-14(10-16-3)18-15(17-13)12-8-5-7-11(2)9-12/h5,7-9,16H,4,6,10H2,1-3H3. The van der Waals surface area contributed by atoms with Crippen molar-refractivity contribution in [2.24, 2.45) is 0 Å². The number of hydrogen-bond donors (Lipinski definition) is 1. The van der Waals surface area contributed by atoms with Crippen LogP contribution < -0.4 is 5.32 Å². The van der Waals surface area contributed by atoms with Crippen molar-refractivity contribution < 1.29 is 0 Å². The lowest BCUT2D eigenvalue weighted by molar-refractivity contribution is 0.798. The summed E-state index contributed by atoms with van der Waals surface area (Å²) in [5.74, 6) is 0. The Labute approximate surface area is 113 Å². The molecule has 0 spiro atoms. The summed E-state index contributed by atoms with van der Waals surface area (Å²) in [7, 11) is 1.99. The van der Waals surface area contributed by atoms with Crippen LogP contribution in [0.3, 0.4) is 0 Å². The minimum atomic E-state index is 0.915.